The first-order valence-electron chi connectivity index (χ1n) is 7.10. The molecule has 5 nitrogen and oxygen atoms in total. The van der Waals surface area contributed by atoms with Crippen molar-refractivity contribution in [3.63, 3.8) is 0 Å². The molecule has 0 spiro atoms. The van der Waals surface area contributed by atoms with Crippen LogP contribution >= 0.6 is 0 Å². The first-order chi connectivity index (χ1) is 8.83. The topological polar surface area (TPSA) is 54.2 Å². The van der Waals surface area contributed by atoms with Gasteiger partial charge in [-0.2, -0.15) is 0 Å². The second-order valence-electron chi connectivity index (χ2n) is 5.45. The van der Waals surface area contributed by atoms with Crippen LogP contribution in [0.25, 0.3) is 0 Å². The fraction of sp³-hybridized carbons (Fsp3) is 0.846. The Morgan fingerprint density at radius 2 is 2.17 bits per heavy atom. The van der Waals surface area contributed by atoms with Crippen LogP contribution in [0.3, 0.4) is 0 Å². The second kappa shape index (κ2) is 4.97. The van der Waals surface area contributed by atoms with Crippen LogP contribution in [0.4, 0.5) is 0 Å². The quantitative estimate of drug-likeness (QED) is 0.869. The van der Waals surface area contributed by atoms with E-state index in [9.17, 15) is 5.11 Å². The van der Waals surface area contributed by atoms with Crippen LogP contribution in [0.15, 0.2) is 0 Å². The van der Waals surface area contributed by atoms with E-state index in [1.807, 2.05) is 0 Å². The van der Waals surface area contributed by atoms with Crippen molar-refractivity contribution in [2.45, 2.75) is 45.2 Å². The van der Waals surface area contributed by atoms with Crippen molar-refractivity contribution >= 4 is 0 Å². The molecule has 1 saturated heterocycles. The number of aromatic nitrogens is 3. The van der Waals surface area contributed by atoms with Crippen molar-refractivity contribution in [1.29, 1.82) is 0 Å². The zero-order valence-corrected chi connectivity index (χ0v) is 11.0. The summed E-state index contributed by atoms with van der Waals surface area (Å²) in [6, 6.07) is 0.460. The Balaban J connectivity index is 1.84. The lowest BCUT2D eigenvalue weighted by Gasteiger charge is -2.26. The molecule has 0 aromatic carbocycles. The summed E-state index contributed by atoms with van der Waals surface area (Å²) in [5.41, 5.74) is 0. The van der Waals surface area contributed by atoms with Gasteiger partial charge < -0.3 is 9.67 Å². The van der Waals surface area contributed by atoms with Gasteiger partial charge in [-0.15, -0.1) is 10.2 Å². The summed E-state index contributed by atoms with van der Waals surface area (Å²) in [6.45, 7) is 5.73. The smallest absolute Gasteiger partial charge is 0.150 e. The Kier molecular flexibility index (Phi) is 3.35. The third-order valence-electron chi connectivity index (χ3n) is 4.41. The molecule has 18 heavy (non-hydrogen) atoms. The molecule has 0 saturated carbocycles. The number of fused-ring (bicyclic) bond motifs is 1. The van der Waals surface area contributed by atoms with E-state index in [0.717, 1.165) is 37.6 Å². The summed E-state index contributed by atoms with van der Waals surface area (Å²) in [7, 11) is 0. The summed E-state index contributed by atoms with van der Waals surface area (Å²) < 4.78 is 2.30. The molecule has 2 aliphatic heterocycles. The highest BCUT2D eigenvalue weighted by atomic mass is 16.3. The lowest BCUT2D eigenvalue weighted by molar-refractivity contribution is 0.194. The Bertz CT molecular complexity index is 417. The third-order valence-corrected chi connectivity index (χ3v) is 4.41. The maximum Gasteiger partial charge on any atom is 0.150 e. The zero-order chi connectivity index (χ0) is 12.5. The molecular weight excluding hydrogens is 228 g/mol. The third kappa shape index (κ3) is 1.95. The fourth-order valence-electron chi connectivity index (χ4n) is 3.32. The number of aliphatic hydroxyl groups excluding tert-OH is 1. The normalized spacial score (nSPS) is 28.6. The first kappa shape index (κ1) is 12.1. The van der Waals surface area contributed by atoms with Crippen molar-refractivity contribution in [2.24, 2.45) is 5.92 Å². The van der Waals surface area contributed by atoms with Gasteiger partial charge in [-0.05, 0) is 38.3 Å². The molecule has 1 aromatic heterocycles. The molecule has 3 heterocycles. The Morgan fingerprint density at radius 3 is 2.94 bits per heavy atom. The van der Waals surface area contributed by atoms with E-state index in [0.29, 0.717) is 12.0 Å². The van der Waals surface area contributed by atoms with E-state index in [4.69, 9.17) is 0 Å². The van der Waals surface area contributed by atoms with Crippen LogP contribution in [-0.2, 0) is 13.0 Å². The molecule has 1 N–H and O–H groups in total. The highest BCUT2D eigenvalue weighted by Gasteiger charge is 2.31. The molecule has 0 radical (unpaired) electrons. The molecule has 0 aliphatic carbocycles. The van der Waals surface area contributed by atoms with Crippen LogP contribution in [0.1, 0.15) is 43.9 Å². The van der Waals surface area contributed by atoms with Gasteiger partial charge in [0, 0.05) is 19.6 Å². The molecule has 100 valence electrons. The summed E-state index contributed by atoms with van der Waals surface area (Å²) in [5, 5.41) is 18.0. The molecule has 0 bridgehead atoms. The second-order valence-corrected chi connectivity index (χ2v) is 5.45. The molecule has 2 unspecified atom stereocenters. The van der Waals surface area contributed by atoms with E-state index in [-0.39, 0.29) is 6.61 Å². The average Bonchev–Trinajstić information content (AvgIpc) is 3.03. The van der Waals surface area contributed by atoms with E-state index < -0.39 is 0 Å². The Hall–Kier alpha value is -0.940. The summed E-state index contributed by atoms with van der Waals surface area (Å²) in [4.78, 5) is 2.50. The predicted octanol–water partition coefficient (Wildman–Crippen LogP) is 0.990. The van der Waals surface area contributed by atoms with Crippen LogP contribution in [0.5, 0.6) is 0 Å². The molecular formula is C13H22N4O. The highest BCUT2D eigenvalue weighted by molar-refractivity contribution is 5.06. The lowest BCUT2D eigenvalue weighted by Crippen LogP contribution is -2.28. The van der Waals surface area contributed by atoms with Gasteiger partial charge in [-0.1, -0.05) is 6.92 Å². The minimum atomic E-state index is 0.271. The van der Waals surface area contributed by atoms with Crippen molar-refractivity contribution in [2.75, 3.05) is 19.7 Å². The Labute approximate surface area is 108 Å². The van der Waals surface area contributed by atoms with Crippen molar-refractivity contribution in [1.82, 2.24) is 19.7 Å². The van der Waals surface area contributed by atoms with E-state index in [1.165, 1.54) is 19.4 Å². The predicted molar refractivity (Wildman–Crippen MR) is 68.1 cm³/mol. The van der Waals surface area contributed by atoms with Crippen molar-refractivity contribution in [3.8, 4) is 0 Å². The SMILES string of the molecule is CCN1CCCC1c1nnc2n1CCC(CO)C2. The maximum atomic E-state index is 9.25. The largest absolute Gasteiger partial charge is 0.396 e. The monoisotopic (exact) mass is 250 g/mol. The lowest BCUT2D eigenvalue weighted by atomic mass is 9.98. The van der Waals surface area contributed by atoms with Gasteiger partial charge in [0.15, 0.2) is 0 Å². The summed E-state index contributed by atoms with van der Waals surface area (Å²) in [5.74, 6) is 2.60. The van der Waals surface area contributed by atoms with Crippen molar-refractivity contribution < 1.29 is 5.11 Å². The molecule has 1 aromatic rings. The number of likely N-dealkylation sites (tertiary alicyclic amines) is 1. The number of nitrogens with zero attached hydrogens (tertiary/aromatic N) is 4. The van der Waals surface area contributed by atoms with Gasteiger partial charge in [0.2, 0.25) is 0 Å². The van der Waals surface area contributed by atoms with Gasteiger partial charge in [0.25, 0.3) is 0 Å². The first-order valence-corrected chi connectivity index (χ1v) is 7.10. The number of rotatable bonds is 3. The van der Waals surface area contributed by atoms with Crippen LogP contribution < -0.4 is 0 Å². The van der Waals surface area contributed by atoms with Gasteiger partial charge in [-0.25, -0.2) is 0 Å². The van der Waals surface area contributed by atoms with Gasteiger partial charge >= 0.3 is 0 Å². The van der Waals surface area contributed by atoms with E-state index in [2.05, 4.69) is 26.6 Å². The zero-order valence-electron chi connectivity index (χ0n) is 11.0. The number of aliphatic hydroxyl groups is 1. The number of hydrogen-bond acceptors (Lipinski definition) is 4. The highest BCUT2D eigenvalue weighted by Crippen LogP contribution is 2.32. The van der Waals surface area contributed by atoms with Gasteiger partial charge in [-0.3, -0.25) is 4.90 Å². The molecule has 0 amide bonds. The minimum Gasteiger partial charge on any atom is -0.396 e. The van der Waals surface area contributed by atoms with Crippen LogP contribution in [-0.4, -0.2) is 44.5 Å². The number of hydrogen-bond donors (Lipinski definition) is 1. The summed E-state index contributed by atoms with van der Waals surface area (Å²) in [6.07, 6.45) is 4.39. The summed E-state index contributed by atoms with van der Waals surface area (Å²) >= 11 is 0. The Morgan fingerprint density at radius 1 is 1.28 bits per heavy atom. The van der Waals surface area contributed by atoms with Crippen LogP contribution in [0, 0.1) is 5.92 Å². The van der Waals surface area contributed by atoms with Crippen LogP contribution in [0.2, 0.25) is 0 Å². The average molecular weight is 250 g/mol. The standard InChI is InChI=1S/C13H22N4O/c1-2-16-6-3-4-11(16)13-15-14-12-8-10(9-18)5-7-17(12)13/h10-11,18H,2-9H2,1H3. The molecule has 2 atom stereocenters. The van der Waals surface area contributed by atoms with E-state index >= 15 is 0 Å². The van der Waals surface area contributed by atoms with Gasteiger partial charge in [0.05, 0.1) is 6.04 Å². The molecule has 5 heteroatoms. The van der Waals surface area contributed by atoms with Crippen molar-refractivity contribution in [3.05, 3.63) is 11.6 Å². The van der Waals surface area contributed by atoms with E-state index in [1.54, 1.807) is 0 Å². The fourth-order valence-corrected chi connectivity index (χ4v) is 3.32. The molecule has 1 fully saturated rings. The van der Waals surface area contributed by atoms with Gasteiger partial charge in [0.1, 0.15) is 11.6 Å². The maximum absolute atomic E-state index is 9.25. The minimum absolute atomic E-state index is 0.271. The molecule has 3 rings (SSSR count). The molecule has 2 aliphatic rings.